The predicted molar refractivity (Wildman–Crippen MR) is 59.6 cm³/mol. The molecule has 3 heteroatoms. The van der Waals surface area contributed by atoms with Crippen molar-refractivity contribution in [2.75, 3.05) is 6.54 Å². The molecule has 3 rings (SSSR count). The van der Waals surface area contributed by atoms with E-state index in [9.17, 15) is 0 Å². The van der Waals surface area contributed by atoms with Crippen molar-refractivity contribution in [3.8, 4) is 0 Å². The third kappa shape index (κ3) is 1.33. The number of aromatic nitrogens is 2. The van der Waals surface area contributed by atoms with Gasteiger partial charge in [-0.15, -0.1) is 0 Å². The van der Waals surface area contributed by atoms with E-state index in [4.69, 9.17) is 0 Å². The van der Waals surface area contributed by atoms with Gasteiger partial charge in [-0.2, -0.15) is 0 Å². The number of hydrogen-bond donors (Lipinski definition) is 2. The summed E-state index contributed by atoms with van der Waals surface area (Å²) in [6.45, 7) is 3.37. The van der Waals surface area contributed by atoms with Crippen molar-refractivity contribution >= 4 is 0 Å². The van der Waals surface area contributed by atoms with Gasteiger partial charge in [-0.3, -0.25) is 0 Å². The minimum absolute atomic E-state index is 0.211. The molecule has 0 amide bonds. The fraction of sp³-hybridized carbons (Fsp3) is 0.750. The highest BCUT2D eigenvalue weighted by molar-refractivity contribution is 5.28. The zero-order chi connectivity index (χ0) is 10.3. The molecular weight excluding hydrogens is 186 g/mol. The lowest BCUT2D eigenvalue weighted by Crippen LogP contribution is -2.49. The molecule has 2 aliphatic rings. The van der Waals surface area contributed by atoms with Gasteiger partial charge in [-0.25, -0.2) is 4.98 Å². The van der Waals surface area contributed by atoms with Crippen LogP contribution in [0.1, 0.15) is 44.0 Å². The first-order chi connectivity index (χ1) is 7.37. The van der Waals surface area contributed by atoms with Gasteiger partial charge in [0.05, 0.1) is 17.6 Å². The molecule has 1 aliphatic carbocycles. The molecule has 1 atom stereocenters. The van der Waals surface area contributed by atoms with E-state index in [1.807, 2.05) is 6.33 Å². The molecule has 1 aliphatic heterocycles. The van der Waals surface area contributed by atoms with Crippen molar-refractivity contribution < 1.29 is 0 Å². The van der Waals surface area contributed by atoms with Crippen molar-refractivity contribution in [3.05, 3.63) is 17.7 Å². The monoisotopic (exact) mass is 205 g/mol. The summed E-state index contributed by atoms with van der Waals surface area (Å²) >= 11 is 0. The molecule has 1 aromatic heterocycles. The molecule has 0 aromatic carbocycles. The minimum Gasteiger partial charge on any atom is -0.348 e. The summed E-state index contributed by atoms with van der Waals surface area (Å²) in [7, 11) is 0. The van der Waals surface area contributed by atoms with E-state index in [-0.39, 0.29) is 5.54 Å². The number of H-pyrrole nitrogens is 1. The van der Waals surface area contributed by atoms with E-state index in [1.165, 1.54) is 37.1 Å². The summed E-state index contributed by atoms with van der Waals surface area (Å²) in [4.78, 5) is 7.87. The van der Waals surface area contributed by atoms with Crippen LogP contribution in [-0.2, 0) is 12.0 Å². The van der Waals surface area contributed by atoms with Crippen LogP contribution in [0.5, 0.6) is 0 Å². The van der Waals surface area contributed by atoms with Crippen LogP contribution in [0.25, 0.3) is 0 Å². The highest BCUT2D eigenvalue weighted by Gasteiger charge is 2.49. The van der Waals surface area contributed by atoms with E-state index >= 15 is 0 Å². The third-order valence-corrected chi connectivity index (χ3v) is 3.87. The average Bonchev–Trinajstić information content (AvgIpc) is 2.98. The van der Waals surface area contributed by atoms with Crippen LogP contribution >= 0.6 is 0 Å². The van der Waals surface area contributed by atoms with Crippen LogP contribution in [0.3, 0.4) is 0 Å². The average molecular weight is 205 g/mol. The fourth-order valence-electron chi connectivity index (χ4n) is 3.11. The Labute approximate surface area is 90.7 Å². The third-order valence-electron chi connectivity index (χ3n) is 3.87. The molecule has 1 unspecified atom stereocenters. The standard InChI is InChI=1S/C12H19N3/c1-2-6-12(9-3-4-9)11-10(5-7-15-12)13-8-14-11/h8-9,15H,2-7H2,1H3,(H,13,14). The molecule has 2 N–H and O–H groups in total. The Hall–Kier alpha value is -0.830. The van der Waals surface area contributed by atoms with Gasteiger partial charge in [0, 0.05) is 18.7 Å². The van der Waals surface area contributed by atoms with E-state index in [0.29, 0.717) is 0 Å². The topological polar surface area (TPSA) is 40.7 Å². The first kappa shape index (κ1) is 9.40. The molecule has 0 spiro atoms. The molecule has 0 radical (unpaired) electrons. The lowest BCUT2D eigenvalue weighted by molar-refractivity contribution is 0.242. The van der Waals surface area contributed by atoms with Gasteiger partial charge in [0.2, 0.25) is 0 Å². The van der Waals surface area contributed by atoms with Crippen LogP contribution in [-0.4, -0.2) is 16.5 Å². The quantitative estimate of drug-likeness (QED) is 0.792. The van der Waals surface area contributed by atoms with Gasteiger partial charge in [0.15, 0.2) is 0 Å². The van der Waals surface area contributed by atoms with Crippen molar-refractivity contribution in [2.24, 2.45) is 5.92 Å². The molecule has 3 nitrogen and oxygen atoms in total. The Morgan fingerprint density at radius 1 is 1.53 bits per heavy atom. The molecule has 2 heterocycles. The maximum atomic E-state index is 4.57. The summed E-state index contributed by atoms with van der Waals surface area (Å²) in [6, 6.07) is 0. The Bertz CT molecular complexity index is 354. The van der Waals surface area contributed by atoms with Crippen molar-refractivity contribution in [1.82, 2.24) is 15.3 Å². The molecule has 15 heavy (non-hydrogen) atoms. The number of nitrogens with one attached hydrogen (secondary N) is 2. The van der Waals surface area contributed by atoms with Crippen LogP contribution in [0.4, 0.5) is 0 Å². The second-order valence-electron chi connectivity index (χ2n) is 4.90. The number of imidazole rings is 1. The maximum absolute atomic E-state index is 4.57. The predicted octanol–water partition coefficient (Wildman–Crippen LogP) is 1.96. The van der Waals surface area contributed by atoms with Gasteiger partial charge in [-0.1, -0.05) is 13.3 Å². The van der Waals surface area contributed by atoms with Crippen LogP contribution < -0.4 is 5.32 Å². The molecule has 1 aromatic rings. The van der Waals surface area contributed by atoms with Crippen molar-refractivity contribution in [1.29, 1.82) is 0 Å². The lowest BCUT2D eigenvalue weighted by atomic mass is 9.81. The van der Waals surface area contributed by atoms with Crippen LogP contribution in [0.15, 0.2) is 6.33 Å². The second kappa shape index (κ2) is 3.34. The maximum Gasteiger partial charge on any atom is 0.0926 e. The SMILES string of the molecule is CCCC1(C2CC2)NCCc2[nH]cnc21. The minimum atomic E-state index is 0.211. The fourth-order valence-corrected chi connectivity index (χ4v) is 3.11. The zero-order valence-electron chi connectivity index (χ0n) is 9.34. The largest absolute Gasteiger partial charge is 0.348 e. The molecule has 0 saturated heterocycles. The second-order valence-corrected chi connectivity index (χ2v) is 4.90. The molecule has 1 saturated carbocycles. The highest BCUT2D eigenvalue weighted by Crippen LogP contribution is 2.49. The molecule has 0 bridgehead atoms. The smallest absolute Gasteiger partial charge is 0.0926 e. The first-order valence-electron chi connectivity index (χ1n) is 6.14. The number of rotatable bonds is 3. The summed E-state index contributed by atoms with van der Waals surface area (Å²) in [5.41, 5.74) is 2.90. The summed E-state index contributed by atoms with van der Waals surface area (Å²) in [5, 5.41) is 3.76. The summed E-state index contributed by atoms with van der Waals surface area (Å²) in [6.07, 6.45) is 8.18. The molecule has 82 valence electrons. The molecular formula is C12H19N3. The first-order valence-corrected chi connectivity index (χ1v) is 6.14. The van der Waals surface area contributed by atoms with Gasteiger partial charge in [0.25, 0.3) is 0 Å². The van der Waals surface area contributed by atoms with Gasteiger partial charge in [0.1, 0.15) is 0 Å². The zero-order valence-corrected chi connectivity index (χ0v) is 9.34. The lowest BCUT2D eigenvalue weighted by Gasteiger charge is -2.38. The normalized spacial score (nSPS) is 30.2. The number of nitrogens with zero attached hydrogens (tertiary/aromatic N) is 1. The van der Waals surface area contributed by atoms with Gasteiger partial charge in [-0.05, 0) is 25.2 Å². The highest BCUT2D eigenvalue weighted by atomic mass is 15.1. The Morgan fingerprint density at radius 2 is 2.40 bits per heavy atom. The van der Waals surface area contributed by atoms with Crippen molar-refractivity contribution in [3.63, 3.8) is 0 Å². The summed E-state index contributed by atoms with van der Waals surface area (Å²) < 4.78 is 0. The number of fused-ring (bicyclic) bond motifs is 1. The Kier molecular flexibility index (Phi) is 2.09. The molecule has 1 fully saturated rings. The van der Waals surface area contributed by atoms with Gasteiger partial charge < -0.3 is 10.3 Å². The summed E-state index contributed by atoms with van der Waals surface area (Å²) in [5.74, 6) is 0.833. The van der Waals surface area contributed by atoms with E-state index in [1.54, 1.807) is 0 Å². The van der Waals surface area contributed by atoms with Crippen LogP contribution in [0, 0.1) is 5.92 Å². The number of aromatic amines is 1. The Balaban J connectivity index is 2.02. The van der Waals surface area contributed by atoms with Crippen molar-refractivity contribution in [2.45, 2.75) is 44.6 Å². The van der Waals surface area contributed by atoms with Crippen LogP contribution in [0.2, 0.25) is 0 Å². The van der Waals surface area contributed by atoms with E-state index in [2.05, 4.69) is 22.2 Å². The Morgan fingerprint density at radius 3 is 3.13 bits per heavy atom. The van der Waals surface area contributed by atoms with E-state index in [0.717, 1.165) is 18.9 Å². The van der Waals surface area contributed by atoms with E-state index < -0.39 is 0 Å². The van der Waals surface area contributed by atoms with Gasteiger partial charge >= 0.3 is 0 Å². The number of hydrogen-bond acceptors (Lipinski definition) is 2.